The monoisotopic (exact) mass is 791 g/mol. The maximum Gasteiger partial charge on any atom is 0.495 e. The molecule has 4 heterocycles. The second-order valence-electron chi connectivity index (χ2n) is 17.8. The highest BCUT2D eigenvalue weighted by atomic mass is 16.7. The third kappa shape index (κ3) is 7.16. The Kier molecular flexibility index (Phi) is 10.1. The van der Waals surface area contributed by atoms with E-state index in [1.165, 1.54) is 11.1 Å². The van der Waals surface area contributed by atoms with Crippen molar-refractivity contribution in [3.63, 3.8) is 0 Å². The Morgan fingerprint density at radius 1 is 0.763 bits per heavy atom. The number of amides is 2. The summed E-state index contributed by atoms with van der Waals surface area (Å²) in [5.74, 6) is 2.23. The molecule has 3 saturated heterocycles. The Balaban J connectivity index is 0.761. The number of fused-ring (bicyclic) bond motifs is 6. The van der Waals surface area contributed by atoms with Gasteiger partial charge in [0, 0.05) is 56.3 Å². The molecule has 1 aromatic heterocycles. The van der Waals surface area contributed by atoms with Crippen molar-refractivity contribution in [2.24, 2.45) is 23.3 Å². The molecule has 10 rings (SSSR count). The Bertz CT molecular complexity index is 2350. The summed E-state index contributed by atoms with van der Waals surface area (Å²) in [5, 5.41) is 0.956. The minimum absolute atomic E-state index is 0.00226. The molecule has 59 heavy (non-hydrogen) atoms. The van der Waals surface area contributed by atoms with Crippen LogP contribution in [0.1, 0.15) is 100 Å². The SMILES string of the molecule is C[C@@]1(Oc2ccc(C(=O)N3CCC(c4cccc(CN)c4)CC3)cc2)C[C@@H]2C[C@H]1[C@@H]1OB(c3cccc4[nH]c(C(=O)N5CCC(c6cccc(CN)c6)CC5)cc34)O[C@H]21. The smallest absolute Gasteiger partial charge is 0.487 e. The van der Waals surface area contributed by atoms with E-state index in [0.717, 1.165) is 84.9 Å². The quantitative estimate of drug-likeness (QED) is 0.146. The van der Waals surface area contributed by atoms with Gasteiger partial charge in [-0.25, -0.2) is 0 Å². The molecule has 2 bridgehead atoms. The van der Waals surface area contributed by atoms with E-state index in [1.807, 2.05) is 52.3 Å². The zero-order chi connectivity index (χ0) is 40.3. The lowest BCUT2D eigenvalue weighted by Gasteiger charge is -2.39. The van der Waals surface area contributed by atoms with Crippen LogP contribution in [0.4, 0.5) is 0 Å². The highest BCUT2D eigenvalue weighted by molar-refractivity contribution is 6.65. The largest absolute Gasteiger partial charge is 0.495 e. The predicted octanol–water partition coefficient (Wildman–Crippen LogP) is 6.48. The van der Waals surface area contributed by atoms with Crippen LogP contribution in [0.2, 0.25) is 0 Å². The van der Waals surface area contributed by atoms with Crippen molar-refractivity contribution in [1.29, 1.82) is 0 Å². The first-order chi connectivity index (χ1) is 28.8. The fraction of sp³-hybridized carbons (Fsp3) is 0.417. The molecule has 4 aromatic carbocycles. The van der Waals surface area contributed by atoms with Crippen LogP contribution in [0.25, 0.3) is 10.9 Å². The van der Waals surface area contributed by atoms with E-state index in [4.69, 9.17) is 25.5 Å². The van der Waals surface area contributed by atoms with E-state index in [-0.39, 0.29) is 29.9 Å². The standard InChI is InChI=1S/C48H54BN5O5/c1-48(57-38-13-11-34(12-14-38)46(55)53-19-15-32(16-20-53)35-7-2-5-30(23-35)28-50)27-37-25-40(48)45-44(37)58-49(59-45)41-9-4-10-42-39(41)26-43(52-42)47(56)54-21-17-33(18-22-54)36-8-3-6-31(24-36)29-51/h2-14,23-24,26,32-33,37,40,44-45,52H,15-22,25,27-29,50-51H2,1H3/t37-,40-,44+,45-,48+/m0/s1. The van der Waals surface area contributed by atoms with Crippen molar-refractivity contribution in [3.05, 3.63) is 131 Å². The number of piperidine rings is 2. The molecule has 5 aliphatic rings. The summed E-state index contributed by atoms with van der Waals surface area (Å²) >= 11 is 0. The molecule has 0 unspecified atom stereocenters. The lowest BCUT2D eigenvalue weighted by Crippen LogP contribution is -2.48. The number of nitrogens with two attached hydrogens (primary N) is 2. The second-order valence-corrected chi connectivity index (χ2v) is 17.8. The van der Waals surface area contributed by atoms with Crippen LogP contribution in [0.5, 0.6) is 5.75 Å². The Hall–Kier alpha value is -4.94. The highest BCUT2D eigenvalue weighted by Gasteiger charge is 2.64. The number of rotatable bonds is 9. The number of carbonyl (C=O) groups is 2. The molecule has 0 spiro atoms. The van der Waals surface area contributed by atoms with Gasteiger partial charge in [-0.3, -0.25) is 9.59 Å². The molecule has 3 aliphatic heterocycles. The summed E-state index contributed by atoms with van der Waals surface area (Å²) in [6.07, 6.45) is 5.53. The first kappa shape index (κ1) is 38.3. The minimum atomic E-state index is -0.522. The van der Waals surface area contributed by atoms with Gasteiger partial charge in [-0.05, 0) is 133 Å². The van der Waals surface area contributed by atoms with Crippen LogP contribution in [0, 0.1) is 11.8 Å². The van der Waals surface area contributed by atoms with Crippen molar-refractivity contribution in [3.8, 4) is 5.75 Å². The van der Waals surface area contributed by atoms with E-state index in [1.54, 1.807) is 0 Å². The van der Waals surface area contributed by atoms with Crippen molar-refractivity contribution in [2.45, 2.75) is 88.2 Å². The number of aromatic nitrogens is 1. The molecular formula is C48H54BN5O5. The fourth-order valence-electron chi connectivity index (χ4n) is 11.1. The van der Waals surface area contributed by atoms with E-state index in [2.05, 4.69) is 66.5 Å². The number of nitrogens with one attached hydrogen (secondary N) is 1. The maximum atomic E-state index is 13.8. The number of nitrogens with zero attached hydrogens (tertiary/aromatic N) is 2. The molecule has 11 heteroatoms. The molecule has 2 amide bonds. The summed E-state index contributed by atoms with van der Waals surface area (Å²) in [6, 6.07) is 32.8. The topological polar surface area (TPSA) is 136 Å². The van der Waals surface area contributed by atoms with Gasteiger partial charge in [0.1, 0.15) is 17.0 Å². The number of ether oxygens (including phenoxy) is 1. The molecule has 2 aliphatic carbocycles. The fourth-order valence-corrected chi connectivity index (χ4v) is 11.1. The lowest BCUT2D eigenvalue weighted by molar-refractivity contribution is -0.0386. The van der Waals surface area contributed by atoms with Crippen LogP contribution < -0.4 is 21.7 Å². The molecule has 0 radical (unpaired) electrons. The number of hydrogen-bond donors (Lipinski definition) is 3. The summed E-state index contributed by atoms with van der Waals surface area (Å²) in [4.78, 5) is 34.7. The van der Waals surface area contributed by atoms with Gasteiger partial charge in [-0.1, -0.05) is 60.7 Å². The van der Waals surface area contributed by atoms with Crippen molar-refractivity contribution < 1.29 is 23.6 Å². The second kappa shape index (κ2) is 15.6. The van der Waals surface area contributed by atoms with Gasteiger partial charge >= 0.3 is 7.12 Å². The van der Waals surface area contributed by atoms with Crippen LogP contribution >= 0.6 is 0 Å². The summed E-state index contributed by atoms with van der Waals surface area (Å²) in [5.41, 5.74) is 19.4. The van der Waals surface area contributed by atoms with Crippen molar-refractivity contribution in [1.82, 2.24) is 14.8 Å². The van der Waals surface area contributed by atoms with Gasteiger partial charge in [-0.2, -0.15) is 0 Å². The molecular weight excluding hydrogens is 737 g/mol. The van der Waals surface area contributed by atoms with Crippen LogP contribution in [0.15, 0.2) is 97.1 Å². The Morgan fingerprint density at radius 2 is 1.36 bits per heavy atom. The van der Waals surface area contributed by atoms with Crippen LogP contribution in [-0.4, -0.2) is 77.7 Å². The van der Waals surface area contributed by atoms with E-state index < -0.39 is 12.7 Å². The molecule has 5 N–H and O–H groups in total. The van der Waals surface area contributed by atoms with Crippen LogP contribution in [-0.2, 0) is 22.4 Å². The molecule has 2 saturated carbocycles. The zero-order valence-corrected chi connectivity index (χ0v) is 33.9. The number of aromatic amines is 1. The first-order valence-electron chi connectivity index (χ1n) is 21.6. The maximum absolute atomic E-state index is 13.8. The average Bonchev–Trinajstić information content (AvgIpc) is 4.07. The summed E-state index contributed by atoms with van der Waals surface area (Å²) in [6.45, 7) is 6.19. The number of hydrogen-bond acceptors (Lipinski definition) is 7. The highest BCUT2D eigenvalue weighted by Crippen LogP contribution is 2.56. The number of benzene rings is 4. The lowest BCUT2D eigenvalue weighted by atomic mass is 9.77. The van der Waals surface area contributed by atoms with Crippen LogP contribution in [0.3, 0.4) is 0 Å². The average molecular weight is 792 g/mol. The van der Waals surface area contributed by atoms with E-state index in [9.17, 15) is 9.59 Å². The first-order valence-corrected chi connectivity index (χ1v) is 21.6. The normalized spacial score (nSPS) is 25.8. The van der Waals surface area contributed by atoms with Crippen molar-refractivity contribution >= 4 is 35.3 Å². The zero-order valence-electron chi connectivity index (χ0n) is 33.9. The number of carbonyl (C=O) groups excluding carboxylic acids is 2. The predicted molar refractivity (Wildman–Crippen MR) is 230 cm³/mol. The Labute approximate surface area is 346 Å². The summed E-state index contributed by atoms with van der Waals surface area (Å²) in [7, 11) is -0.522. The molecule has 304 valence electrons. The van der Waals surface area contributed by atoms with Gasteiger partial charge in [0.05, 0.1) is 12.2 Å². The van der Waals surface area contributed by atoms with Crippen molar-refractivity contribution in [2.75, 3.05) is 26.2 Å². The third-order valence-corrected chi connectivity index (χ3v) is 14.3. The molecule has 10 nitrogen and oxygen atoms in total. The minimum Gasteiger partial charge on any atom is -0.487 e. The van der Waals surface area contributed by atoms with Gasteiger partial charge in [-0.15, -0.1) is 0 Å². The van der Waals surface area contributed by atoms with E-state index >= 15 is 0 Å². The Morgan fingerprint density at radius 3 is 1.98 bits per heavy atom. The molecule has 5 aromatic rings. The van der Waals surface area contributed by atoms with E-state index in [0.29, 0.717) is 55.2 Å². The third-order valence-electron chi connectivity index (χ3n) is 14.3. The number of likely N-dealkylation sites (tertiary alicyclic amines) is 2. The number of H-pyrrole nitrogens is 1. The van der Waals surface area contributed by atoms with Gasteiger partial charge in [0.15, 0.2) is 0 Å². The molecule has 5 atom stereocenters. The van der Waals surface area contributed by atoms with Gasteiger partial charge in [0.2, 0.25) is 0 Å². The van der Waals surface area contributed by atoms with Gasteiger partial charge in [0.25, 0.3) is 11.8 Å². The van der Waals surface area contributed by atoms with Gasteiger partial charge < -0.3 is 40.3 Å². The molecule has 5 fully saturated rings. The summed E-state index contributed by atoms with van der Waals surface area (Å²) < 4.78 is 20.3.